The van der Waals surface area contributed by atoms with Crippen LogP contribution in [0.15, 0.2) is 48.5 Å². The second-order valence-electron chi connectivity index (χ2n) is 5.17. The largest absolute Gasteiger partial charge is 0.332 e. The Bertz CT molecular complexity index is 591. The first kappa shape index (κ1) is 14.5. The van der Waals surface area contributed by atoms with Gasteiger partial charge in [-0.2, -0.15) is 0 Å². The Hall–Kier alpha value is -1.87. The molecule has 0 aliphatic heterocycles. The summed E-state index contributed by atoms with van der Waals surface area (Å²) in [5, 5.41) is 7.07. The van der Waals surface area contributed by atoms with Crippen LogP contribution in [0.1, 0.15) is 30.9 Å². The Kier molecular flexibility index (Phi) is 4.74. The van der Waals surface area contributed by atoms with Gasteiger partial charge < -0.3 is 10.6 Å². The zero-order valence-electron chi connectivity index (χ0n) is 12.1. The summed E-state index contributed by atoms with van der Waals surface area (Å²) in [6, 6.07) is 16.4. The van der Waals surface area contributed by atoms with Gasteiger partial charge in [0.15, 0.2) is 5.11 Å². The van der Waals surface area contributed by atoms with Crippen molar-refractivity contribution in [3.05, 3.63) is 59.7 Å². The van der Waals surface area contributed by atoms with Crippen molar-refractivity contribution < 1.29 is 0 Å². The summed E-state index contributed by atoms with van der Waals surface area (Å²) < 4.78 is 0. The molecule has 2 nitrogen and oxygen atoms in total. The van der Waals surface area contributed by atoms with Crippen molar-refractivity contribution in [1.82, 2.24) is 0 Å². The summed E-state index contributed by atoms with van der Waals surface area (Å²) in [7, 11) is 0. The Morgan fingerprint density at radius 3 is 2.35 bits per heavy atom. The molecule has 0 bridgehead atoms. The normalized spacial score (nSPS) is 10.4. The highest BCUT2D eigenvalue weighted by atomic mass is 32.1. The van der Waals surface area contributed by atoms with E-state index in [0.717, 1.165) is 11.4 Å². The Morgan fingerprint density at radius 2 is 1.70 bits per heavy atom. The standard InChI is InChI=1S/C17H20N2S/c1-12(2)14-10-9-13(3)16(11-14)19-17(20)18-15-7-5-4-6-8-15/h4-12H,1-3H3,(H2,18,19,20). The van der Waals surface area contributed by atoms with Gasteiger partial charge in [-0.25, -0.2) is 0 Å². The van der Waals surface area contributed by atoms with E-state index in [4.69, 9.17) is 12.2 Å². The minimum atomic E-state index is 0.506. The molecule has 20 heavy (non-hydrogen) atoms. The summed E-state index contributed by atoms with van der Waals surface area (Å²) in [6.07, 6.45) is 0. The SMILES string of the molecule is Cc1ccc(C(C)C)cc1NC(=S)Nc1ccccc1. The van der Waals surface area contributed by atoms with Crippen molar-refractivity contribution in [3.8, 4) is 0 Å². The summed E-state index contributed by atoms with van der Waals surface area (Å²) >= 11 is 5.36. The third-order valence-corrected chi connectivity index (χ3v) is 3.41. The molecule has 0 unspecified atom stereocenters. The van der Waals surface area contributed by atoms with Crippen molar-refractivity contribution in [3.63, 3.8) is 0 Å². The number of rotatable bonds is 3. The second-order valence-corrected chi connectivity index (χ2v) is 5.58. The molecule has 0 aliphatic carbocycles. The van der Waals surface area contributed by atoms with Crippen LogP contribution in [0.4, 0.5) is 11.4 Å². The number of para-hydroxylation sites is 1. The van der Waals surface area contributed by atoms with Crippen LogP contribution in [-0.4, -0.2) is 5.11 Å². The molecule has 0 atom stereocenters. The zero-order chi connectivity index (χ0) is 14.5. The first-order chi connectivity index (χ1) is 9.56. The molecule has 0 saturated heterocycles. The fourth-order valence-electron chi connectivity index (χ4n) is 1.94. The van der Waals surface area contributed by atoms with Crippen molar-refractivity contribution >= 4 is 28.7 Å². The number of benzene rings is 2. The van der Waals surface area contributed by atoms with Gasteiger partial charge >= 0.3 is 0 Å². The first-order valence-electron chi connectivity index (χ1n) is 6.80. The third-order valence-electron chi connectivity index (χ3n) is 3.21. The van der Waals surface area contributed by atoms with Gasteiger partial charge in [0.1, 0.15) is 0 Å². The van der Waals surface area contributed by atoms with Gasteiger partial charge in [-0.05, 0) is 54.4 Å². The number of nitrogens with one attached hydrogen (secondary N) is 2. The molecule has 2 aromatic carbocycles. The summed E-state index contributed by atoms with van der Waals surface area (Å²) in [5.74, 6) is 0.506. The average molecular weight is 284 g/mol. The minimum Gasteiger partial charge on any atom is -0.332 e. The maximum atomic E-state index is 5.36. The van der Waals surface area contributed by atoms with Gasteiger partial charge in [0.25, 0.3) is 0 Å². The maximum absolute atomic E-state index is 5.36. The minimum absolute atomic E-state index is 0.506. The highest BCUT2D eigenvalue weighted by Gasteiger charge is 2.05. The fourth-order valence-corrected chi connectivity index (χ4v) is 2.17. The van der Waals surface area contributed by atoms with Crippen molar-refractivity contribution in [1.29, 1.82) is 0 Å². The Labute approximate surface area is 126 Å². The van der Waals surface area contributed by atoms with E-state index in [1.54, 1.807) is 0 Å². The van der Waals surface area contributed by atoms with E-state index in [1.165, 1.54) is 11.1 Å². The van der Waals surface area contributed by atoms with E-state index >= 15 is 0 Å². The smallest absolute Gasteiger partial charge is 0.175 e. The molecule has 0 aliphatic rings. The highest BCUT2D eigenvalue weighted by Crippen LogP contribution is 2.22. The number of thiocarbonyl (C=S) groups is 1. The van der Waals surface area contributed by atoms with Gasteiger partial charge in [0.2, 0.25) is 0 Å². The van der Waals surface area contributed by atoms with E-state index in [-0.39, 0.29) is 0 Å². The molecule has 0 heterocycles. The maximum Gasteiger partial charge on any atom is 0.175 e. The predicted octanol–water partition coefficient (Wildman–Crippen LogP) is 4.93. The van der Waals surface area contributed by atoms with Crippen LogP contribution in [0.2, 0.25) is 0 Å². The number of anilines is 2. The summed E-state index contributed by atoms with van der Waals surface area (Å²) in [6.45, 7) is 6.46. The molecular formula is C17H20N2S. The Morgan fingerprint density at radius 1 is 1.00 bits per heavy atom. The second kappa shape index (κ2) is 6.53. The van der Waals surface area contributed by atoms with E-state index in [2.05, 4.69) is 49.6 Å². The molecule has 3 heteroatoms. The molecule has 0 amide bonds. The molecule has 2 aromatic rings. The number of hydrogen-bond acceptors (Lipinski definition) is 1. The van der Waals surface area contributed by atoms with E-state index in [1.807, 2.05) is 30.3 Å². The van der Waals surface area contributed by atoms with Crippen LogP contribution < -0.4 is 10.6 Å². The lowest BCUT2D eigenvalue weighted by atomic mass is 10.0. The topological polar surface area (TPSA) is 24.1 Å². The van der Waals surface area contributed by atoms with Crippen LogP contribution in [0.25, 0.3) is 0 Å². The molecule has 2 rings (SSSR count). The van der Waals surface area contributed by atoms with Gasteiger partial charge in [-0.3, -0.25) is 0 Å². The monoisotopic (exact) mass is 284 g/mol. The van der Waals surface area contributed by atoms with Crippen LogP contribution >= 0.6 is 12.2 Å². The molecule has 0 aromatic heterocycles. The van der Waals surface area contributed by atoms with Gasteiger partial charge in [-0.15, -0.1) is 0 Å². The highest BCUT2D eigenvalue weighted by molar-refractivity contribution is 7.80. The van der Waals surface area contributed by atoms with Gasteiger partial charge in [0, 0.05) is 11.4 Å². The van der Waals surface area contributed by atoms with E-state index in [9.17, 15) is 0 Å². The van der Waals surface area contributed by atoms with Crippen LogP contribution in [0.3, 0.4) is 0 Å². The Balaban J connectivity index is 2.09. The third kappa shape index (κ3) is 3.81. The van der Waals surface area contributed by atoms with Crippen LogP contribution in [-0.2, 0) is 0 Å². The molecule has 0 saturated carbocycles. The van der Waals surface area contributed by atoms with Gasteiger partial charge in [-0.1, -0.05) is 44.2 Å². The van der Waals surface area contributed by atoms with Crippen molar-refractivity contribution in [2.45, 2.75) is 26.7 Å². The fraction of sp³-hybridized carbons (Fsp3) is 0.235. The number of hydrogen-bond donors (Lipinski definition) is 2. The molecule has 0 radical (unpaired) electrons. The first-order valence-corrected chi connectivity index (χ1v) is 7.20. The molecule has 0 fully saturated rings. The lowest BCUT2D eigenvalue weighted by Gasteiger charge is -2.15. The summed E-state index contributed by atoms with van der Waals surface area (Å²) in [5.41, 5.74) is 4.54. The quantitative estimate of drug-likeness (QED) is 0.782. The van der Waals surface area contributed by atoms with E-state index < -0.39 is 0 Å². The predicted molar refractivity (Wildman–Crippen MR) is 91.6 cm³/mol. The van der Waals surface area contributed by atoms with Gasteiger partial charge in [0.05, 0.1) is 0 Å². The molecule has 0 spiro atoms. The van der Waals surface area contributed by atoms with Crippen LogP contribution in [0, 0.1) is 6.92 Å². The lowest BCUT2D eigenvalue weighted by Crippen LogP contribution is -2.19. The average Bonchev–Trinajstić information content (AvgIpc) is 2.42. The van der Waals surface area contributed by atoms with Crippen molar-refractivity contribution in [2.75, 3.05) is 10.6 Å². The molecular weight excluding hydrogens is 264 g/mol. The molecule has 104 valence electrons. The number of aryl methyl sites for hydroxylation is 1. The molecule has 2 N–H and O–H groups in total. The van der Waals surface area contributed by atoms with Crippen molar-refractivity contribution in [2.24, 2.45) is 0 Å². The van der Waals surface area contributed by atoms with E-state index in [0.29, 0.717) is 11.0 Å². The lowest BCUT2D eigenvalue weighted by molar-refractivity contribution is 0.866. The van der Waals surface area contributed by atoms with Crippen LogP contribution in [0.5, 0.6) is 0 Å². The zero-order valence-corrected chi connectivity index (χ0v) is 12.9. The summed E-state index contributed by atoms with van der Waals surface area (Å²) in [4.78, 5) is 0.